The Kier molecular flexibility index (Phi) is 7.72. The molecule has 1 aromatic rings. The fourth-order valence-corrected chi connectivity index (χ4v) is 2.78. The highest BCUT2D eigenvalue weighted by Gasteiger charge is 2.31. The molecule has 0 aromatic heterocycles. The van der Waals surface area contributed by atoms with Gasteiger partial charge in [0.05, 0.1) is 12.7 Å². The summed E-state index contributed by atoms with van der Waals surface area (Å²) >= 11 is 0. The van der Waals surface area contributed by atoms with Crippen LogP contribution < -0.4 is 0 Å². The van der Waals surface area contributed by atoms with Crippen molar-refractivity contribution in [1.29, 1.82) is 0 Å². The van der Waals surface area contributed by atoms with Crippen molar-refractivity contribution in [3.8, 4) is 0 Å². The quantitative estimate of drug-likeness (QED) is 0.713. The summed E-state index contributed by atoms with van der Waals surface area (Å²) in [5, 5.41) is 8.67. The van der Waals surface area contributed by atoms with Crippen LogP contribution in [-0.2, 0) is 14.3 Å². The van der Waals surface area contributed by atoms with Gasteiger partial charge in [-0.05, 0) is 25.3 Å². The van der Waals surface area contributed by atoms with Crippen molar-refractivity contribution in [3.63, 3.8) is 0 Å². The van der Waals surface area contributed by atoms with Gasteiger partial charge in [-0.1, -0.05) is 54.6 Å². The molecule has 0 spiro atoms. The summed E-state index contributed by atoms with van der Waals surface area (Å²) in [7, 11) is 0. The molecule has 2 rings (SSSR count). The van der Waals surface area contributed by atoms with Crippen LogP contribution in [0, 0.1) is 5.92 Å². The van der Waals surface area contributed by atoms with E-state index in [0.717, 1.165) is 18.4 Å². The molecule has 1 heterocycles. The van der Waals surface area contributed by atoms with Gasteiger partial charge in [0.1, 0.15) is 0 Å². The lowest BCUT2D eigenvalue weighted by Crippen LogP contribution is -2.34. The second-order valence-corrected chi connectivity index (χ2v) is 5.93. The van der Waals surface area contributed by atoms with Gasteiger partial charge < -0.3 is 14.6 Å². The molecule has 1 saturated heterocycles. The Morgan fingerprint density at radius 1 is 1.21 bits per heavy atom. The first-order valence-corrected chi connectivity index (χ1v) is 8.50. The molecule has 0 saturated carbocycles. The van der Waals surface area contributed by atoms with Gasteiger partial charge >= 0.3 is 5.97 Å². The van der Waals surface area contributed by atoms with Crippen LogP contribution in [0.2, 0.25) is 0 Å². The maximum absolute atomic E-state index is 10.5. The van der Waals surface area contributed by atoms with Crippen LogP contribution >= 0.6 is 0 Å². The second kappa shape index (κ2) is 10.1. The minimum Gasteiger partial charge on any atom is -0.481 e. The van der Waals surface area contributed by atoms with Crippen molar-refractivity contribution in [2.24, 2.45) is 5.92 Å². The summed E-state index contributed by atoms with van der Waals surface area (Å²) in [6.45, 7) is 2.63. The zero-order valence-electron chi connectivity index (χ0n) is 14.1. The zero-order valence-corrected chi connectivity index (χ0v) is 14.1. The summed E-state index contributed by atoms with van der Waals surface area (Å²) in [5.74, 6) is -0.534. The molecule has 1 aliphatic rings. The predicted molar refractivity (Wildman–Crippen MR) is 93.6 cm³/mol. The van der Waals surface area contributed by atoms with E-state index in [2.05, 4.69) is 18.2 Å². The van der Waals surface area contributed by atoms with Gasteiger partial charge in [-0.15, -0.1) is 0 Å². The SMILES string of the molecule is C/C=C/CC1OCC(C/C=C\CCC(=O)O)C(c2ccccc2)O1. The van der Waals surface area contributed by atoms with E-state index in [0.29, 0.717) is 13.0 Å². The standard InChI is InChI=1S/C20H26O4/c1-2-3-14-19-23-15-17(12-8-5-9-13-18(21)22)20(24-19)16-10-6-4-7-11-16/h2-8,10-11,17,19-20H,9,12-15H2,1H3,(H,21,22)/b3-2+,8-5-. The van der Waals surface area contributed by atoms with Crippen LogP contribution in [0.4, 0.5) is 0 Å². The number of hydrogen-bond acceptors (Lipinski definition) is 3. The Bertz CT molecular complexity index is 550. The molecule has 1 aliphatic heterocycles. The van der Waals surface area contributed by atoms with Crippen LogP contribution in [0.25, 0.3) is 0 Å². The summed E-state index contributed by atoms with van der Waals surface area (Å²) in [6.07, 6.45) is 10.1. The predicted octanol–water partition coefficient (Wildman–Crippen LogP) is 4.49. The Morgan fingerprint density at radius 3 is 2.71 bits per heavy atom. The Balaban J connectivity index is 1.98. The molecule has 3 unspecified atom stereocenters. The molecule has 1 fully saturated rings. The third-order valence-electron chi connectivity index (χ3n) is 4.05. The van der Waals surface area contributed by atoms with E-state index in [1.165, 1.54) is 0 Å². The number of rotatable bonds is 8. The Morgan fingerprint density at radius 2 is 2.00 bits per heavy atom. The van der Waals surface area contributed by atoms with Gasteiger partial charge in [-0.25, -0.2) is 0 Å². The molecule has 3 atom stereocenters. The van der Waals surface area contributed by atoms with Crippen molar-refractivity contribution in [2.45, 2.75) is 45.0 Å². The van der Waals surface area contributed by atoms with Crippen molar-refractivity contribution < 1.29 is 19.4 Å². The van der Waals surface area contributed by atoms with E-state index < -0.39 is 5.97 Å². The van der Waals surface area contributed by atoms with Gasteiger partial charge in [0.25, 0.3) is 0 Å². The maximum atomic E-state index is 10.5. The van der Waals surface area contributed by atoms with Gasteiger partial charge in [0.2, 0.25) is 0 Å². The number of benzene rings is 1. The van der Waals surface area contributed by atoms with E-state index in [1.807, 2.05) is 43.4 Å². The highest BCUT2D eigenvalue weighted by Crippen LogP contribution is 2.35. The molecule has 4 heteroatoms. The minimum absolute atomic E-state index is 0.000620. The van der Waals surface area contributed by atoms with Crippen molar-refractivity contribution in [1.82, 2.24) is 0 Å². The van der Waals surface area contributed by atoms with Crippen LogP contribution in [0.15, 0.2) is 54.6 Å². The fourth-order valence-electron chi connectivity index (χ4n) is 2.78. The first kappa shape index (κ1) is 18.4. The molecule has 0 aliphatic carbocycles. The molecule has 4 nitrogen and oxygen atoms in total. The zero-order chi connectivity index (χ0) is 17.2. The van der Waals surface area contributed by atoms with E-state index in [-0.39, 0.29) is 24.7 Å². The molecular formula is C20H26O4. The topological polar surface area (TPSA) is 55.8 Å². The number of carbonyl (C=O) groups is 1. The van der Waals surface area contributed by atoms with E-state index in [4.69, 9.17) is 14.6 Å². The largest absolute Gasteiger partial charge is 0.481 e. The molecule has 0 radical (unpaired) electrons. The van der Waals surface area contributed by atoms with E-state index in [9.17, 15) is 4.79 Å². The lowest BCUT2D eigenvalue weighted by molar-refractivity contribution is -0.236. The number of allylic oxidation sites excluding steroid dienone is 3. The monoisotopic (exact) mass is 330 g/mol. The van der Waals surface area contributed by atoms with E-state index >= 15 is 0 Å². The van der Waals surface area contributed by atoms with Crippen LogP contribution in [0.1, 0.15) is 44.3 Å². The number of hydrogen-bond donors (Lipinski definition) is 1. The number of aliphatic carboxylic acids is 1. The van der Waals surface area contributed by atoms with Gasteiger partial charge in [0, 0.05) is 18.8 Å². The molecule has 1 N–H and O–H groups in total. The normalized spacial score (nSPS) is 24.6. The third-order valence-corrected chi connectivity index (χ3v) is 4.05. The second-order valence-electron chi connectivity index (χ2n) is 5.93. The highest BCUT2D eigenvalue weighted by atomic mass is 16.7. The fraction of sp³-hybridized carbons (Fsp3) is 0.450. The van der Waals surface area contributed by atoms with Crippen molar-refractivity contribution >= 4 is 5.97 Å². The molecule has 24 heavy (non-hydrogen) atoms. The number of carboxylic acids is 1. The smallest absolute Gasteiger partial charge is 0.303 e. The maximum Gasteiger partial charge on any atom is 0.303 e. The summed E-state index contributed by atoms with van der Waals surface area (Å²) < 4.78 is 12.0. The van der Waals surface area contributed by atoms with Gasteiger partial charge in [-0.2, -0.15) is 0 Å². The van der Waals surface area contributed by atoms with Crippen LogP contribution in [0.5, 0.6) is 0 Å². The average molecular weight is 330 g/mol. The Hall–Kier alpha value is -1.91. The van der Waals surface area contributed by atoms with Gasteiger partial charge in [-0.3, -0.25) is 4.79 Å². The molecule has 130 valence electrons. The molecule has 1 aromatic carbocycles. The third kappa shape index (κ3) is 5.95. The lowest BCUT2D eigenvalue weighted by atomic mass is 9.92. The van der Waals surface area contributed by atoms with Crippen LogP contribution in [-0.4, -0.2) is 24.0 Å². The number of ether oxygens (including phenoxy) is 2. The lowest BCUT2D eigenvalue weighted by Gasteiger charge is -2.36. The van der Waals surface area contributed by atoms with E-state index in [1.54, 1.807) is 0 Å². The summed E-state index contributed by atoms with van der Waals surface area (Å²) in [4.78, 5) is 10.5. The molecule has 0 bridgehead atoms. The van der Waals surface area contributed by atoms with Crippen molar-refractivity contribution in [2.75, 3.05) is 6.61 Å². The molecule has 0 amide bonds. The highest BCUT2D eigenvalue weighted by molar-refractivity contribution is 5.66. The van der Waals surface area contributed by atoms with Crippen LogP contribution in [0.3, 0.4) is 0 Å². The number of carboxylic acid groups (broad SMARTS) is 1. The summed E-state index contributed by atoms with van der Waals surface area (Å²) in [5.41, 5.74) is 1.16. The minimum atomic E-state index is -0.766. The van der Waals surface area contributed by atoms with Gasteiger partial charge in [0.15, 0.2) is 6.29 Å². The first-order chi connectivity index (χ1) is 11.7. The van der Waals surface area contributed by atoms with Crippen molar-refractivity contribution in [3.05, 3.63) is 60.2 Å². The average Bonchev–Trinajstić information content (AvgIpc) is 2.60. The first-order valence-electron chi connectivity index (χ1n) is 8.50. The molecular weight excluding hydrogens is 304 g/mol. The Labute approximate surface area is 143 Å². The summed E-state index contributed by atoms with van der Waals surface area (Å²) in [6, 6.07) is 10.2.